The summed E-state index contributed by atoms with van der Waals surface area (Å²) in [5.41, 5.74) is 0.610. The second kappa shape index (κ2) is 6.08. The van der Waals surface area contributed by atoms with E-state index < -0.39 is 15.8 Å². The summed E-state index contributed by atoms with van der Waals surface area (Å²) in [5.74, 6) is -0.289. The van der Waals surface area contributed by atoms with Gasteiger partial charge in [0.2, 0.25) is 0 Å². The van der Waals surface area contributed by atoms with Crippen molar-refractivity contribution in [2.24, 2.45) is 0 Å². The van der Waals surface area contributed by atoms with Crippen molar-refractivity contribution < 1.29 is 17.3 Å². The Hall–Kier alpha value is -2.68. The van der Waals surface area contributed by atoms with Gasteiger partial charge in [-0.05, 0) is 26.0 Å². The van der Waals surface area contributed by atoms with Crippen LogP contribution in [0.4, 0.5) is 10.2 Å². The van der Waals surface area contributed by atoms with Crippen molar-refractivity contribution in [1.82, 2.24) is 14.9 Å². The summed E-state index contributed by atoms with van der Waals surface area (Å²) >= 11 is 0. The number of hydrogen-bond acceptors (Lipinski definition) is 5. The van der Waals surface area contributed by atoms with E-state index in [9.17, 15) is 12.8 Å². The van der Waals surface area contributed by atoms with Gasteiger partial charge in [-0.2, -0.15) is 5.10 Å². The van der Waals surface area contributed by atoms with Gasteiger partial charge in [-0.15, -0.1) is 0 Å². The van der Waals surface area contributed by atoms with Crippen LogP contribution in [0.3, 0.4) is 0 Å². The molecule has 2 heterocycles. The maximum absolute atomic E-state index is 13.9. The predicted octanol–water partition coefficient (Wildman–Crippen LogP) is 2.81. The van der Waals surface area contributed by atoms with Crippen LogP contribution < -0.4 is 4.72 Å². The Morgan fingerprint density at radius 2 is 2.08 bits per heavy atom. The number of benzene rings is 1. The molecule has 0 atom stereocenters. The number of nitrogens with one attached hydrogen (secondary N) is 1. The van der Waals surface area contributed by atoms with Crippen LogP contribution in [0.2, 0.25) is 0 Å². The summed E-state index contributed by atoms with van der Waals surface area (Å²) in [6, 6.07) is 6.04. The first-order valence-corrected chi connectivity index (χ1v) is 8.67. The van der Waals surface area contributed by atoms with E-state index in [1.807, 2.05) is 6.92 Å². The number of sulfonamides is 1. The standard InChI is InChI=1S/C15H15FN4O3S/c1-3-20-9-11(8-17-20)24(21,22)19-15-10(2)14(23-18-15)12-6-4-5-7-13(12)16/h4-9H,3H2,1-2H3,(H,18,19). The molecule has 1 aromatic carbocycles. The van der Waals surface area contributed by atoms with E-state index in [2.05, 4.69) is 15.0 Å². The van der Waals surface area contributed by atoms with Gasteiger partial charge in [0.05, 0.1) is 11.8 Å². The fraction of sp³-hybridized carbons (Fsp3) is 0.200. The third kappa shape index (κ3) is 2.90. The second-order valence-electron chi connectivity index (χ2n) is 5.10. The number of rotatable bonds is 5. The molecule has 3 aromatic rings. The molecule has 0 bridgehead atoms. The second-order valence-corrected chi connectivity index (χ2v) is 6.78. The summed E-state index contributed by atoms with van der Waals surface area (Å²) in [7, 11) is -3.85. The number of aryl methyl sites for hydroxylation is 1. The first-order valence-electron chi connectivity index (χ1n) is 7.19. The van der Waals surface area contributed by atoms with Crippen LogP contribution in [-0.2, 0) is 16.6 Å². The molecule has 1 N–H and O–H groups in total. The van der Waals surface area contributed by atoms with E-state index in [0.29, 0.717) is 12.1 Å². The summed E-state index contributed by atoms with van der Waals surface area (Å²) in [4.78, 5) is 0.0131. The van der Waals surface area contributed by atoms with Gasteiger partial charge in [0, 0.05) is 18.3 Å². The van der Waals surface area contributed by atoms with Gasteiger partial charge in [0.15, 0.2) is 11.6 Å². The SMILES string of the molecule is CCn1cc(S(=O)(=O)Nc2noc(-c3ccccc3F)c2C)cn1. The molecule has 2 aromatic heterocycles. The van der Waals surface area contributed by atoms with Gasteiger partial charge < -0.3 is 4.52 Å². The lowest BCUT2D eigenvalue weighted by Crippen LogP contribution is -2.13. The lowest BCUT2D eigenvalue weighted by Gasteiger charge is -2.03. The number of anilines is 1. The molecule has 0 amide bonds. The highest BCUT2D eigenvalue weighted by Gasteiger charge is 2.23. The zero-order valence-corrected chi connectivity index (χ0v) is 13.8. The Morgan fingerprint density at radius 1 is 1.33 bits per heavy atom. The average molecular weight is 350 g/mol. The predicted molar refractivity (Wildman–Crippen MR) is 85.3 cm³/mol. The highest BCUT2D eigenvalue weighted by atomic mass is 32.2. The molecule has 0 radical (unpaired) electrons. The molecule has 126 valence electrons. The van der Waals surface area contributed by atoms with Gasteiger partial charge in [-0.3, -0.25) is 9.40 Å². The number of hydrogen-bond donors (Lipinski definition) is 1. The monoisotopic (exact) mass is 350 g/mol. The quantitative estimate of drug-likeness (QED) is 0.764. The molecule has 7 nitrogen and oxygen atoms in total. The Morgan fingerprint density at radius 3 is 2.75 bits per heavy atom. The van der Waals surface area contributed by atoms with Crippen molar-refractivity contribution >= 4 is 15.8 Å². The molecule has 24 heavy (non-hydrogen) atoms. The van der Waals surface area contributed by atoms with Crippen LogP contribution in [0.15, 0.2) is 46.1 Å². The summed E-state index contributed by atoms with van der Waals surface area (Å²) < 4.78 is 47.6. The minimum Gasteiger partial charge on any atom is -0.354 e. The average Bonchev–Trinajstić information content (AvgIpc) is 3.16. The zero-order chi connectivity index (χ0) is 17.3. The summed E-state index contributed by atoms with van der Waals surface area (Å²) in [5, 5.41) is 7.65. The van der Waals surface area contributed by atoms with E-state index in [4.69, 9.17) is 4.52 Å². The van der Waals surface area contributed by atoms with Crippen molar-refractivity contribution in [3.05, 3.63) is 48.0 Å². The van der Waals surface area contributed by atoms with E-state index in [0.717, 1.165) is 0 Å². The lowest BCUT2D eigenvalue weighted by atomic mass is 10.1. The molecule has 0 aliphatic carbocycles. The van der Waals surface area contributed by atoms with Gasteiger partial charge in [0.25, 0.3) is 10.0 Å². The highest BCUT2D eigenvalue weighted by molar-refractivity contribution is 7.92. The molecule has 9 heteroatoms. The van der Waals surface area contributed by atoms with E-state index in [1.165, 1.54) is 29.2 Å². The molecule has 0 saturated heterocycles. The lowest BCUT2D eigenvalue weighted by molar-refractivity contribution is 0.432. The highest BCUT2D eigenvalue weighted by Crippen LogP contribution is 2.31. The first kappa shape index (κ1) is 16.2. The van der Waals surface area contributed by atoms with Crippen molar-refractivity contribution in [2.75, 3.05) is 4.72 Å². The normalized spacial score (nSPS) is 11.6. The molecule has 3 rings (SSSR count). The topological polar surface area (TPSA) is 90.0 Å². The molecule has 0 fully saturated rings. The van der Waals surface area contributed by atoms with Gasteiger partial charge in [-0.25, -0.2) is 12.8 Å². The zero-order valence-electron chi connectivity index (χ0n) is 13.0. The van der Waals surface area contributed by atoms with Gasteiger partial charge in [-0.1, -0.05) is 17.3 Å². The Kier molecular flexibility index (Phi) is 4.10. The van der Waals surface area contributed by atoms with Crippen LogP contribution in [0.5, 0.6) is 0 Å². The minimum atomic E-state index is -3.85. The van der Waals surface area contributed by atoms with Crippen LogP contribution in [0.1, 0.15) is 12.5 Å². The molecule has 0 spiro atoms. The van der Waals surface area contributed by atoms with Crippen molar-refractivity contribution in [3.63, 3.8) is 0 Å². The smallest absolute Gasteiger partial charge is 0.266 e. The fourth-order valence-corrected chi connectivity index (χ4v) is 3.18. The van der Waals surface area contributed by atoms with Crippen LogP contribution in [-0.4, -0.2) is 23.4 Å². The number of aromatic nitrogens is 3. The molecule has 0 aliphatic rings. The summed E-state index contributed by atoms with van der Waals surface area (Å²) in [6.45, 7) is 4.00. The van der Waals surface area contributed by atoms with Gasteiger partial charge in [0.1, 0.15) is 10.7 Å². The van der Waals surface area contributed by atoms with Crippen LogP contribution in [0.25, 0.3) is 11.3 Å². The van der Waals surface area contributed by atoms with Crippen molar-refractivity contribution in [3.8, 4) is 11.3 Å². The Bertz CT molecular complexity index is 978. The molecule has 0 unspecified atom stereocenters. The molecule has 0 saturated carbocycles. The van der Waals surface area contributed by atoms with Gasteiger partial charge >= 0.3 is 0 Å². The van der Waals surface area contributed by atoms with Crippen LogP contribution >= 0.6 is 0 Å². The molecular weight excluding hydrogens is 335 g/mol. The van der Waals surface area contributed by atoms with E-state index >= 15 is 0 Å². The Balaban J connectivity index is 1.93. The Labute approximate surface area is 138 Å². The third-order valence-corrected chi connectivity index (χ3v) is 4.81. The molecule has 0 aliphatic heterocycles. The van der Waals surface area contributed by atoms with E-state index in [-0.39, 0.29) is 22.0 Å². The number of halogens is 1. The molecular formula is C15H15FN4O3S. The van der Waals surface area contributed by atoms with Crippen molar-refractivity contribution in [1.29, 1.82) is 0 Å². The van der Waals surface area contributed by atoms with E-state index in [1.54, 1.807) is 19.1 Å². The van der Waals surface area contributed by atoms with Crippen molar-refractivity contribution in [2.45, 2.75) is 25.3 Å². The van der Waals surface area contributed by atoms with Crippen LogP contribution in [0, 0.1) is 12.7 Å². The minimum absolute atomic E-state index is 0.0116. The fourth-order valence-electron chi connectivity index (χ4n) is 2.17. The number of nitrogens with zero attached hydrogens (tertiary/aromatic N) is 3. The third-order valence-electron chi connectivity index (χ3n) is 3.52. The summed E-state index contributed by atoms with van der Waals surface area (Å²) in [6.07, 6.45) is 2.66. The maximum Gasteiger partial charge on any atom is 0.266 e. The maximum atomic E-state index is 13.9. The largest absolute Gasteiger partial charge is 0.354 e. The first-order chi connectivity index (χ1) is 11.4.